The number of carbonyl (C=O) groups excluding carboxylic acids is 1. The maximum Gasteiger partial charge on any atom is 0.337 e. The van der Waals surface area contributed by atoms with Crippen LogP contribution in [0.3, 0.4) is 0 Å². The average molecular weight is 292 g/mol. The largest absolute Gasteiger partial charge is 0.478 e. The third-order valence-electron chi connectivity index (χ3n) is 3.29. The topological polar surface area (TPSA) is 79.3 Å². The van der Waals surface area contributed by atoms with Crippen molar-refractivity contribution in [3.63, 3.8) is 0 Å². The van der Waals surface area contributed by atoms with E-state index >= 15 is 0 Å². The molecule has 0 aliphatic heterocycles. The number of hydrogen-bond acceptors (Lipinski definition) is 3. The predicted molar refractivity (Wildman–Crippen MR) is 82.4 cm³/mol. The molecule has 1 amide bonds. The number of rotatable bonds is 10. The van der Waals surface area contributed by atoms with E-state index in [-0.39, 0.29) is 11.5 Å². The van der Waals surface area contributed by atoms with Gasteiger partial charge in [0, 0.05) is 12.6 Å². The first kappa shape index (κ1) is 17.1. The highest BCUT2D eigenvalue weighted by molar-refractivity contribution is 5.91. The molecule has 0 aliphatic rings. The van der Waals surface area contributed by atoms with Gasteiger partial charge in [-0.05, 0) is 18.6 Å². The quantitative estimate of drug-likeness (QED) is 0.642. The zero-order chi connectivity index (χ0) is 15.5. The highest BCUT2D eigenvalue weighted by atomic mass is 16.4. The van der Waals surface area contributed by atoms with Gasteiger partial charge in [-0.2, -0.15) is 0 Å². The lowest BCUT2D eigenvalue weighted by Crippen LogP contribution is -2.12. The smallest absolute Gasteiger partial charge is 0.337 e. The van der Waals surface area contributed by atoms with Crippen LogP contribution < -0.4 is 5.32 Å². The molecule has 0 fully saturated rings. The van der Waals surface area contributed by atoms with Crippen molar-refractivity contribution in [2.24, 2.45) is 0 Å². The molecule has 1 heterocycles. The van der Waals surface area contributed by atoms with Crippen molar-refractivity contribution in [1.29, 1.82) is 0 Å². The Balaban J connectivity index is 2.17. The molecule has 0 aromatic carbocycles. The first-order chi connectivity index (χ1) is 10.1. The van der Waals surface area contributed by atoms with Crippen molar-refractivity contribution in [3.05, 3.63) is 23.9 Å². The van der Waals surface area contributed by atoms with Gasteiger partial charge in [0.1, 0.15) is 5.82 Å². The lowest BCUT2D eigenvalue weighted by atomic mass is 10.1. The lowest BCUT2D eigenvalue weighted by molar-refractivity contribution is -0.116. The third kappa shape index (κ3) is 7.44. The van der Waals surface area contributed by atoms with E-state index in [4.69, 9.17) is 5.11 Å². The number of aromatic nitrogens is 1. The fourth-order valence-corrected chi connectivity index (χ4v) is 2.04. The van der Waals surface area contributed by atoms with Crippen LogP contribution in [0.4, 0.5) is 5.82 Å². The molecule has 2 N–H and O–H groups in total. The number of nitrogens with zero attached hydrogens (tertiary/aromatic N) is 1. The highest BCUT2D eigenvalue weighted by Gasteiger charge is 2.05. The Bertz CT molecular complexity index is 443. The molecule has 0 unspecified atom stereocenters. The molecule has 1 rings (SSSR count). The molecule has 0 spiro atoms. The fraction of sp³-hybridized carbons (Fsp3) is 0.562. The predicted octanol–water partition coefficient (Wildman–Crippen LogP) is 3.86. The second kappa shape index (κ2) is 9.91. The zero-order valence-corrected chi connectivity index (χ0v) is 12.6. The van der Waals surface area contributed by atoms with Crippen molar-refractivity contribution in [2.75, 3.05) is 5.32 Å². The number of nitrogens with one attached hydrogen (secondary N) is 1. The summed E-state index contributed by atoms with van der Waals surface area (Å²) in [6.45, 7) is 2.20. The van der Waals surface area contributed by atoms with Gasteiger partial charge >= 0.3 is 5.97 Å². The molecule has 5 heteroatoms. The number of hydrogen-bond donors (Lipinski definition) is 2. The lowest BCUT2D eigenvalue weighted by Gasteiger charge is -2.05. The average Bonchev–Trinajstić information content (AvgIpc) is 2.47. The van der Waals surface area contributed by atoms with Gasteiger partial charge in [-0.3, -0.25) is 4.79 Å². The van der Waals surface area contributed by atoms with Crippen LogP contribution in [0.1, 0.15) is 68.6 Å². The molecule has 116 valence electrons. The second-order valence-electron chi connectivity index (χ2n) is 5.16. The number of amides is 1. The van der Waals surface area contributed by atoms with Gasteiger partial charge in [0.05, 0.1) is 5.56 Å². The normalized spacial score (nSPS) is 10.3. The van der Waals surface area contributed by atoms with E-state index < -0.39 is 5.97 Å². The monoisotopic (exact) mass is 292 g/mol. The number of anilines is 1. The summed E-state index contributed by atoms with van der Waals surface area (Å²) >= 11 is 0. The van der Waals surface area contributed by atoms with E-state index in [0.717, 1.165) is 12.8 Å². The summed E-state index contributed by atoms with van der Waals surface area (Å²) in [7, 11) is 0. The zero-order valence-electron chi connectivity index (χ0n) is 12.6. The van der Waals surface area contributed by atoms with Gasteiger partial charge in [0.15, 0.2) is 0 Å². The summed E-state index contributed by atoms with van der Waals surface area (Å²) < 4.78 is 0. The molecular formula is C16H24N2O3. The van der Waals surface area contributed by atoms with Crippen LogP contribution in [0.2, 0.25) is 0 Å². The molecular weight excluding hydrogens is 268 g/mol. The van der Waals surface area contributed by atoms with Crippen molar-refractivity contribution in [2.45, 2.75) is 58.3 Å². The van der Waals surface area contributed by atoms with E-state index in [2.05, 4.69) is 17.2 Å². The van der Waals surface area contributed by atoms with Crippen LogP contribution in [0.25, 0.3) is 0 Å². The van der Waals surface area contributed by atoms with E-state index in [1.165, 1.54) is 50.4 Å². The maximum absolute atomic E-state index is 11.7. The van der Waals surface area contributed by atoms with Crippen LogP contribution in [0, 0.1) is 0 Å². The number of carboxylic acid groups (broad SMARTS) is 1. The first-order valence-corrected chi connectivity index (χ1v) is 7.62. The molecule has 0 atom stereocenters. The van der Waals surface area contributed by atoms with Crippen molar-refractivity contribution in [3.8, 4) is 0 Å². The second-order valence-corrected chi connectivity index (χ2v) is 5.16. The molecule has 0 bridgehead atoms. The van der Waals surface area contributed by atoms with Gasteiger partial charge in [-0.1, -0.05) is 45.4 Å². The van der Waals surface area contributed by atoms with Gasteiger partial charge < -0.3 is 10.4 Å². The Morgan fingerprint density at radius 2 is 1.76 bits per heavy atom. The fourth-order valence-electron chi connectivity index (χ4n) is 2.04. The van der Waals surface area contributed by atoms with Gasteiger partial charge in [-0.15, -0.1) is 0 Å². The Hall–Kier alpha value is -1.91. The van der Waals surface area contributed by atoms with Crippen molar-refractivity contribution in [1.82, 2.24) is 4.98 Å². The summed E-state index contributed by atoms with van der Waals surface area (Å²) in [5, 5.41) is 11.4. The van der Waals surface area contributed by atoms with Crippen molar-refractivity contribution < 1.29 is 14.7 Å². The minimum Gasteiger partial charge on any atom is -0.478 e. The standard InChI is InChI=1S/C16H24N2O3/c1-2-3-4-5-6-7-8-9-15(19)18-14-11-10-13(12-17-14)16(20)21/h10-12H,2-9H2,1H3,(H,20,21)(H,17,18,19). The summed E-state index contributed by atoms with van der Waals surface area (Å²) in [6.07, 6.45) is 9.92. The number of unbranched alkanes of at least 4 members (excludes halogenated alkanes) is 6. The van der Waals surface area contributed by atoms with Gasteiger partial charge in [0.25, 0.3) is 0 Å². The Morgan fingerprint density at radius 1 is 1.10 bits per heavy atom. The molecule has 0 radical (unpaired) electrons. The Morgan fingerprint density at radius 3 is 2.33 bits per heavy atom. The first-order valence-electron chi connectivity index (χ1n) is 7.62. The van der Waals surface area contributed by atoms with Crippen LogP contribution >= 0.6 is 0 Å². The maximum atomic E-state index is 11.7. The number of pyridine rings is 1. The highest BCUT2D eigenvalue weighted by Crippen LogP contribution is 2.10. The van der Waals surface area contributed by atoms with Crippen molar-refractivity contribution >= 4 is 17.7 Å². The molecule has 0 aliphatic carbocycles. The molecule has 0 saturated carbocycles. The Labute approximate surface area is 125 Å². The molecule has 21 heavy (non-hydrogen) atoms. The molecule has 5 nitrogen and oxygen atoms in total. The molecule has 0 saturated heterocycles. The minimum absolute atomic E-state index is 0.0702. The number of carboxylic acids is 1. The summed E-state index contributed by atoms with van der Waals surface area (Å²) in [4.78, 5) is 26.3. The molecule has 1 aromatic heterocycles. The summed E-state index contributed by atoms with van der Waals surface area (Å²) in [5.74, 6) is -0.699. The molecule has 1 aromatic rings. The van der Waals surface area contributed by atoms with E-state index in [1.54, 1.807) is 0 Å². The number of aromatic carboxylic acids is 1. The van der Waals surface area contributed by atoms with E-state index in [9.17, 15) is 9.59 Å². The summed E-state index contributed by atoms with van der Waals surface area (Å²) in [6, 6.07) is 2.94. The van der Waals surface area contributed by atoms with Crippen LogP contribution in [-0.4, -0.2) is 22.0 Å². The summed E-state index contributed by atoms with van der Waals surface area (Å²) in [5.41, 5.74) is 0.111. The Kier molecular flexibility index (Phi) is 8.09. The van der Waals surface area contributed by atoms with Crippen LogP contribution in [-0.2, 0) is 4.79 Å². The van der Waals surface area contributed by atoms with Crippen LogP contribution in [0.15, 0.2) is 18.3 Å². The van der Waals surface area contributed by atoms with Gasteiger partial charge in [-0.25, -0.2) is 9.78 Å². The SMILES string of the molecule is CCCCCCCCCC(=O)Nc1ccc(C(=O)O)cn1. The van der Waals surface area contributed by atoms with E-state index in [1.807, 2.05) is 0 Å². The minimum atomic E-state index is -1.02. The number of carbonyl (C=O) groups is 2. The third-order valence-corrected chi connectivity index (χ3v) is 3.29. The van der Waals surface area contributed by atoms with Gasteiger partial charge in [0.2, 0.25) is 5.91 Å². The van der Waals surface area contributed by atoms with E-state index in [0.29, 0.717) is 12.2 Å². The van der Waals surface area contributed by atoms with Crippen LogP contribution in [0.5, 0.6) is 0 Å².